The van der Waals surface area contributed by atoms with E-state index >= 15 is 0 Å². The molecular formula is C32H55N15O13. The molecule has 0 bridgehead atoms. The fourth-order valence-corrected chi connectivity index (χ4v) is 5.04. The Labute approximate surface area is 341 Å². The van der Waals surface area contributed by atoms with E-state index in [1.807, 2.05) is 5.32 Å². The highest BCUT2D eigenvalue weighted by atomic mass is 16.4. The molecule has 0 spiro atoms. The number of aliphatic hydroxyl groups excluding tert-OH is 3. The molecule has 0 aliphatic carbocycles. The van der Waals surface area contributed by atoms with E-state index in [-0.39, 0.29) is 62.8 Å². The minimum atomic E-state index is -1.81. The van der Waals surface area contributed by atoms with Gasteiger partial charge in [0.15, 0.2) is 11.9 Å². The number of guanidine groups is 2. The van der Waals surface area contributed by atoms with Gasteiger partial charge in [-0.3, -0.25) is 43.5 Å². The maximum absolute atomic E-state index is 13.8. The van der Waals surface area contributed by atoms with Crippen LogP contribution in [-0.2, 0) is 44.8 Å². The summed E-state index contributed by atoms with van der Waals surface area (Å²) in [4.78, 5) is 116. The van der Waals surface area contributed by atoms with Gasteiger partial charge in [0, 0.05) is 31.4 Å². The average molecular weight is 858 g/mol. The Morgan fingerprint density at radius 1 is 0.683 bits per heavy atom. The van der Waals surface area contributed by atoms with E-state index in [1.165, 1.54) is 12.5 Å². The smallest absolute Gasteiger partial charge is 0.326 e. The van der Waals surface area contributed by atoms with Crippen molar-refractivity contribution in [2.45, 2.75) is 93.8 Å². The molecule has 28 nitrogen and oxygen atoms in total. The normalized spacial score (nSPS) is 14.8. The molecule has 336 valence electrons. The third-order valence-corrected chi connectivity index (χ3v) is 8.18. The number of aliphatic carboxylic acids is 2. The van der Waals surface area contributed by atoms with Crippen molar-refractivity contribution >= 4 is 59.3 Å². The van der Waals surface area contributed by atoms with Crippen LogP contribution in [0.5, 0.6) is 0 Å². The SMILES string of the molecule is C[C@@H](O)[C@H](NC(=O)[C@H](CCCN=C(N)N)NC(=O)[C@H](Cc1cnc[nH]1)NC(=O)[C@H](CO)NC(=O)[C@H](CO)NC(=O)[C@@H](N)CC(=O)O)C(=O)N[C@@H](CCCN=C(N)N)C(=O)O. The number of aliphatic imine (C=N–C) groups is 2. The van der Waals surface area contributed by atoms with E-state index in [2.05, 4.69) is 46.5 Å². The van der Waals surface area contributed by atoms with Crippen LogP contribution in [0.3, 0.4) is 0 Å². The molecule has 0 fully saturated rings. The van der Waals surface area contributed by atoms with Gasteiger partial charge in [-0.1, -0.05) is 0 Å². The van der Waals surface area contributed by atoms with Crippen LogP contribution in [0.1, 0.15) is 44.7 Å². The fraction of sp³-hybridized carbons (Fsp3) is 0.594. The standard InChI is InChI=1S/C32H55N15O13/c1-14(50)23(29(58)43-18(30(59)60)5-3-7-40-32(36)37)47-25(54)17(4-2-6-39-31(34)35)42-26(55)19(8-15-10-38-13-41-15)44-27(56)21(12-49)46-28(57)20(11-48)45-24(53)16(33)9-22(51)52/h10,13-14,16-21,23,48-50H,2-9,11-12,33H2,1H3,(H,38,41)(H,42,55)(H,43,58)(H,44,56)(H,45,53)(H,46,57)(H,47,54)(H,51,52)(H,59,60)(H4,34,35,39)(H4,36,37,40)/t14-,16+,17+,18+,19+,20+,21+,23+/m1/s1. The van der Waals surface area contributed by atoms with Gasteiger partial charge in [0.05, 0.1) is 38.1 Å². The van der Waals surface area contributed by atoms with Gasteiger partial charge in [0.25, 0.3) is 0 Å². The zero-order valence-electron chi connectivity index (χ0n) is 32.6. The van der Waals surface area contributed by atoms with Crippen molar-refractivity contribution in [3.05, 3.63) is 18.2 Å². The second-order valence-electron chi connectivity index (χ2n) is 13.1. The molecule has 22 N–H and O–H groups in total. The van der Waals surface area contributed by atoms with Gasteiger partial charge in [0.1, 0.15) is 36.3 Å². The van der Waals surface area contributed by atoms with Crippen LogP contribution in [0.15, 0.2) is 22.5 Å². The summed E-state index contributed by atoms with van der Waals surface area (Å²) in [6, 6.07) is -11.5. The molecule has 60 heavy (non-hydrogen) atoms. The highest BCUT2D eigenvalue weighted by molar-refractivity contribution is 5.97. The number of carboxylic acid groups (broad SMARTS) is 2. The van der Waals surface area contributed by atoms with Crippen molar-refractivity contribution in [1.82, 2.24) is 41.9 Å². The lowest BCUT2D eigenvalue weighted by molar-refractivity contribution is -0.143. The molecule has 0 radical (unpaired) electrons. The van der Waals surface area contributed by atoms with Crippen molar-refractivity contribution in [2.75, 3.05) is 26.3 Å². The topological polar surface area (TPSA) is 493 Å². The van der Waals surface area contributed by atoms with Gasteiger partial charge in [-0.15, -0.1) is 0 Å². The van der Waals surface area contributed by atoms with E-state index < -0.39 is 115 Å². The fourth-order valence-electron chi connectivity index (χ4n) is 5.04. The number of H-pyrrole nitrogens is 1. The van der Waals surface area contributed by atoms with Crippen LogP contribution in [-0.4, -0.2) is 170 Å². The van der Waals surface area contributed by atoms with Crippen LogP contribution in [0, 0.1) is 0 Å². The van der Waals surface area contributed by atoms with Crippen molar-refractivity contribution < 1.29 is 63.9 Å². The number of nitrogens with zero attached hydrogens (tertiary/aromatic N) is 3. The van der Waals surface area contributed by atoms with Crippen LogP contribution < -0.4 is 60.6 Å². The number of imidazole rings is 1. The summed E-state index contributed by atoms with van der Waals surface area (Å²) in [5, 5.41) is 62.0. The van der Waals surface area contributed by atoms with Crippen LogP contribution in [0.2, 0.25) is 0 Å². The van der Waals surface area contributed by atoms with Gasteiger partial charge >= 0.3 is 11.9 Å². The Bertz CT molecular complexity index is 1670. The van der Waals surface area contributed by atoms with Gasteiger partial charge in [-0.2, -0.15) is 0 Å². The predicted octanol–water partition coefficient (Wildman–Crippen LogP) is -8.78. The number of hydrogen-bond donors (Lipinski definition) is 17. The van der Waals surface area contributed by atoms with E-state index in [1.54, 1.807) is 0 Å². The van der Waals surface area contributed by atoms with Crippen LogP contribution in [0.25, 0.3) is 0 Å². The number of carbonyl (C=O) groups is 8. The van der Waals surface area contributed by atoms with Crippen molar-refractivity contribution in [1.29, 1.82) is 0 Å². The van der Waals surface area contributed by atoms with Gasteiger partial charge in [0.2, 0.25) is 35.4 Å². The third-order valence-electron chi connectivity index (χ3n) is 8.18. The Morgan fingerprint density at radius 3 is 1.58 bits per heavy atom. The quantitative estimate of drug-likeness (QED) is 0.0211. The second-order valence-corrected chi connectivity index (χ2v) is 13.1. The summed E-state index contributed by atoms with van der Waals surface area (Å²) in [5.41, 5.74) is 27.1. The molecule has 1 aromatic heterocycles. The number of carboxylic acids is 2. The molecule has 0 aliphatic rings. The van der Waals surface area contributed by atoms with Gasteiger partial charge < -0.3 is 91.1 Å². The summed E-state index contributed by atoms with van der Waals surface area (Å²) >= 11 is 0. The van der Waals surface area contributed by atoms with E-state index in [0.29, 0.717) is 0 Å². The second kappa shape index (κ2) is 26.4. The highest BCUT2D eigenvalue weighted by Gasteiger charge is 2.35. The van der Waals surface area contributed by atoms with Crippen molar-refractivity contribution in [3.8, 4) is 0 Å². The zero-order chi connectivity index (χ0) is 45.5. The predicted molar refractivity (Wildman–Crippen MR) is 207 cm³/mol. The average Bonchev–Trinajstić information content (AvgIpc) is 3.69. The Hall–Kier alpha value is -6.65. The molecule has 0 aromatic carbocycles. The molecule has 0 saturated carbocycles. The minimum absolute atomic E-state index is 0.0323. The number of amides is 6. The largest absolute Gasteiger partial charge is 0.481 e. The molecule has 28 heteroatoms. The van der Waals surface area contributed by atoms with E-state index in [9.17, 15) is 58.8 Å². The van der Waals surface area contributed by atoms with Gasteiger partial charge in [-0.25, -0.2) is 9.78 Å². The molecule has 0 saturated heterocycles. The molecule has 1 heterocycles. The lowest BCUT2D eigenvalue weighted by Crippen LogP contribution is -2.61. The molecule has 1 aromatic rings. The summed E-state index contributed by atoms with van der Waals surface area (Å²) in [6.07, 6.45) is -0.296. The van der Waals surface area contributed by atoms with E-state index in [0.717, 1.165) is 6.92 Å². The first-order valence-electron chi connectivity index (χ1n) is 18.2. The van der Waals surface area contributed by atoms with Crippen molar-refractivity contribution in [3.63, 3.8) is 0 Å². The number of rotatable bonds is 28. The van der Waals surface area contributed by atoms with Gasteiger partial charge in [-0.05, 0) is 32.6 Å². The zero-order valence-corrected chi connectivity index (χ0v) is 32.6. The number of carbonyl (C=O) groups excluding carboxylic acids is 6. The lowest BCUT2D eigenvalue weighted by atomic mass is 10.0. The summed E-state index contributed by atoms with van der Waals surface area (Å²) in [7, 11) is 0. The molecule has 0 unspecified atom stereocenters. The van der Waals surface area contributed by atoms with Crippen LogP contribution >= 0.6 is 0 Å². The maximum atomic E-state index is 13.8. The minimum Gasteiger partial charge on any atom is -0.481 e. The molecule has 0 aliphatic heterocycles. The Morgan fingerprint density at radius 2 is 1.13 bits per heavy atom. The van der Waals surface area contributed by atoms with E-state index in [4.69, 9.17) is 33.8 Å². The monoisotopic (exact) mass is 857 g/mol. The third kappa shape index (κ3) is 19.2. The highest BCUT2D eigenvalue weighted by Crippen LogP contribution is 2.07. The summed E-state index contributed by atoms with van der Waals surface area (Å²) in [6.45, 7) is -0.947. The number of nitrogens with one attached hydrogen (secondary N) is 7. The first kappa shape index (κ1) is 51.4. The first-order chi connectivity index (χ1) is 28.2. The summed E-state index contributed by atoms with van der Waals surface area (Å²) < 4.78 is 0. The molecule has 6 amide bonds. The molecule has 8 atom stereocenters. The molecule has 1 rings (SSSR count). The maximum Gasteiger partial charge on any atom is 0.326 e. The number of nitrogens with two attached hydrogens (primary N) is 5. The van der Waals surface area contributed by atoms with Crippen LogP contribution in [0.4, 0.5) is 0 Å². The Balaban J connectivity index is 3.31. The number of aromatic nitrogens is 2. The molecular weight excluding hydrogens is 802 g/mol. The number of hydrogen-bond acceptors (Lipinski definition) is 15. The number of aliphatic hydroxyl groups is 3. The van der Waals surface area contributed by atoms with Crippen molar-refractivity contribution in [2.24, 2.45) is 38.7 Å². The Kier molecular flexibility index (Phi) is 22.6. The lowest BCUT2D eigenvalue weighted by Gasteiger charge is -2.27. The summed E-state index contributed by atoms with van der Waals surface area (Å²) in [5.74, 6) is -10.0. The first-order valence-corrected chi connectivity index (χ1v) is 18.2. The number of aromatic amines is 1.